The molecular weight excluding hydrogens is 560 g/mol. The molecule has 4 aromatic rings. The van der Waals surface area contributed by atoms with Crippen LogP contribution in [0.25, 0.3) is 25.6 Å². The second kappa shape index (κ2) is 12.1. The normalized spacial score (nSPS) is 13.1. The Kier molecular flexibility index (Phi) is 8.77. The topological polar surface area (TPSA) is 124 Å². The van der Waals surface area contributed by atoms with E-state index in [-0.39, 0.29) is 21.3 Å². The van der Waals surface area contributed by atoms with Crippen LogP contribution in [0.2, 0.25) is 0 Å². The third-order valence-electron chi connectivity index (χ3n) is 7.92. The van der Waals surface area contributed by atoms with Crippen molar-refractivity contribution in [2.75, 3.05) is 0 Å². The number of benzene rings is 4. The van der Waals surface area contributed by atoms with Gasteiger partial charge in [-0.15, -0.1) is 0 Å². The lowest BCUT2D eigenvalue weighted by Crippen LogP contribution is -2.29. The fraction of sp³-hybridized carbons (Fsp3) is 0.176. The Morgan fingerprint density at radius 1 is 0.558 bits per heavy atom. The van der Waals surface area contributed by atoms with Gasteiger partial charge in [0.1, 0.15) is 11.5 Å². The van der Waals surface area contributed by atoms with E-state index in [0.29, 0.717) is 32.9 Å². The third-order valence-corrected chi connectivity index (χ3v) is 9.71. The molecule has 0 saturated heterocycles. The summed E-state index contributed by atoms with van der Waals surface area (Å²) >= 11 is 0. The molecule has 4 aromatic carbocycles. The van der Waals surface area contributed by atoms with E-state index in [1.54, 1.807) is 50.5 Å². The molecule has 2 N–H and O–H groups in total. The van der Waals surface area contributed by atoms with Crippen LogP contribution < -0.4 is 20.9 Å². The van der Waals surface area contributed by atoms with Crippen LogP contribution in [0.4, 0.5) is 11.4 Å². The van der Waals surface area contributed by atoms with Gasteiger partial charge >= 0.3 is 0 Å². The van der Waals surface area contributed by atoms with Gasteiger partial charge in [-0.1, -0.05) is 13.2 Å². The molecule has 0 radical (unpaired) electrons. The second-order valence-corrected chi connectivity index (χ2v) is 12.4. The predicted octanol–water partition coefficient (Wildman–Crippen LogP) is 5.65. The summed E-state index contributed by atoms with van der Waals surface area (Å²) in [5, 5.41) is 40.1. The molecule has 0 saturated carbocycles. The number of phenols is 2. The number of aromatic hydroxyl groups is 2. The summed E-state index contributed by atoms with van der Waals surface area (Å²) in [7, 11) is -3.77. The minimum absolute atomic E-state index is 0.121. The van der Waals surface area contributed by atoms with E-state index in [9.17, 15) is 18.6 Å². The van der Waals surface area contributed by atoms with Crippen LogP contribution in [0, 0.1) is 41.5 Å². The van der Waals surface area contributed by atoms with E-state index >= 15 is 0 Å². The first-order valence-corrected chi connectivity index (χ1v) is 15.0. The van der Waals surface area contributed by atoms with E-state index < -0.39 is 9.84 Å². The molecule has 220 valence electrons. The maximum absolute atomic E-state index is 13.2. The van der Waals surface area contributed by atoms with Crippen LogP contribution in [-0.4, -0.2) is 18.6 Å². The molecule has 0 bridgehead atoms. The van der Waals surface area contributed by atoms with Crippen molar-refractivity contribution in [2.45, 2.75) is 51.3 Å². The lowest BCUT2D eigenvalue weighted by Gasteiger charge is -2.08. The van der Waals surface area contributed by atoms with Crippen LogP contribution in [0.1, 0.15) is 33.4 Å². The van der Waals surface area contributed by atoms with Crippen molar-refractivity contribution in [1.29, 1.82) is 0 Å². The van der Waals surface area contributed by atoms with Crippen molar-refractivity contribution in [3.05, 3.63) is 103 Å². The highest BCUT2D eigenvalue weighted by atomic mass is 32.2. The number of nitrogens with zero attached hydrogens (tertiary/aromatic N) is 4. The molecule has 43 heavy (non-hydrogen) atoms. The van der Waals surface area contributed by atoms with E-state index in [0.717, 1.165) is 32.7 Å². The van der Waals surface area contributed by atoms with E-state index in [1.165, 1.54) is 24.3 Å². The van der Waals surface area contributed by atoms with E-state index in [4.69, 9.17) is 0 Å². The quantitative estimate of drug-likeness (QED) is 0.280. The summed E-state index contributed by atoms with van der Waals surface area (Å²) in [5.41, 5.74) is 5.60. The van der Waals surface area contributed by atoms with Crippen molar-refractivity contribution in [3.8, 4) is 11.5 Å². The molecule has 9 heteroatoms. The molecule has 0 spiro atoms. The SMILES string of the molecule is C=c1c(C)c(O)c(C)c(C)c1=CN=Nc1ccc(S(=O)(=O)c2ccc(N=NC=c3c(C)c(C)c(O)c(C)c3=C)cc2)cc1. The number of hydrogen-bond acceptors (Lipinski definition) is 8. The maximum Gasteiger partial charge on any atom is 0.206 e. The van der Waals surface area contributed by atoms with Gasteiger partial charge in [-0.25, -0.2) is 8.42 Å². The van der Waals surface area contributed by atoms with Gasteiger partial charge in [0, 0.05) is 10.4 Å². The Morgan fingerprint density at radius 3 is 1.21 bits per heavy atom. The molecule has 0 aliphatic carbocycles. The number of hydrogen-bond donors (Lipinski definition) is 2. The van der Waals surface area contributed by atoms with Crippen molar-refractivity contribution < 1.29 is 18.6 Å². The Bertz CT molecular complexity index is 1990. The van der Waals surface area contributed by atoms with Gasteiger partial charge in [0.25, 0.3) is 0 Å². The fourth-order valence-corrected chi connectivity index (χ4v) is 5.90. The zero-order valence-electron chi connectivity index (χ0n) is 25.1. The molecule has 0 aliphatic rings. The summed E-state index contributed by atoms with van der Waals surface area (Å²) in [6.07, 6.45) is 3.18. The molecule has 4 rings (SSSR count). The smallest absolute Gasteiger partial charge is 0.206 e. The molecule has 0 atom stereocenters. The minimum atomic E-state index is -3.77. The first kappa shape index (κ1) is 31.1. The monoisotopic (exact) mass is 594 g/mol. The van der Waals surface area contributed by atoms with Crippen LogP contribution in [0.5, 0.6) is 11.5 Å². The molecule has 0 fully saturated rings. The number of rotatable bonds is 6. The van der Waals surface area contributed by atoms with E-state index in [1.807, 2.05) is 27.7 Å². The highest BCUT2D eigenvalue weighted by molar-refractivity contribution is 7.91. The number of phenolic OH excluding ortho intramolecular Hbond substituents is 2. The minimum Gasteiger partial charge on any atom is -0.507 e. The van der Waals surface area contributed by atoms with Crippen molar-refractivity contribution >= 4 is 46.8 Å². The van der Waals surface area contributed by atoms with Gasteiger partial charge in [0.15, 0.2) is 0 Å². The summed E-state index contributed by atoms with van der Waals surface area (Å²) in [6, 6.07) is 12.3. The molecule has 8 nitrogen and oxygen atoms in total. The number of azo groups is 2. The Hall–Kier alpha value is -4.89. The summed E-state index contributed by atoms with van der Waals surface area (Å²) in [6.45, 7) is 19.1. The molecule has 0 unspecified atom stereocenters. The average molecular weight is 595 g/mol. The van der Waals surface area contributed by atoms with Crippen molar-refractivity contribution in [2.24, 2.45) is 20.5 Å². The van der Waals surface area contributed by atoms with Crippen molar-refractivity contribution in [3.63, 3.8) is 0 Å². The predicted molar refractivity (Wildman–Crippen MR) is 170 cm³/mol. The molecule has 0 amide bonds. The summed E-state index contributed by atoms with van der Waals surface area (Å²) in [5.74, 6) is 0.453. The van der Waals surface area contributed by atoms with Gasteiger partial charge in [-0.3, -0.25) is 0 Å². The van der Waals surface area contributed by atoms with E-state index in [2.05, 4.69) is 33.6 Å². The van der Waals surface area contributed by atoms with Crippen LogP contribution in [-0.2, 0) is 9.84 Å². The lowest BCUT2D eigenvalue weighted by molar-refractivity contribution is 0.465. The third kappa shape index (κ3) is 6.03. The highest BCUT2D eigenvalue weighted by Crippen LogP contribution is 2.26. The van der Waals surface area contributed by atoms with Crippen LogP contribution in [0.15, 0.2) is 78.8 Å². The van der Waals surface area contributed by atoms with Crippen LogP contribution in [0.3, 0.4) is 0 Å². The maximum atomic E-state index is 13.2. The highest BCUT2D eigenvalue weighted by Gasteiger charge is 2.17. The largest absolute Gasteiger partial charge is 0.507 e. The Labute approximate surface area is 251 Å². The first-order chi connectivity index (χ1) is 20.2. The molecule has 0 heterocycles. The number of sulfone groups is 1. The summed E-state index contributed by atoms with van der Waals surface area (Å²) in [4.78, 5) is 0.241. The first-order valence-electron chi connectivity index (χ1n) is 13.5. The second-order valence-electron chi connectivity index (χ2n) is 10.4. The molecule has 0 aliphatic heterocycles. The van der Waals surface area contributed by atoms with Crippen LogP contribution >= 0.6 is 0 Å². The average Bonchev–Trinajstić information content (AvgIpc) is 3.01. The van der Waals surface area contributed by atoms with Gasteiger partial charge in [-0.05, 0) is 134 Å². The molecular formula is C34H34N4O4S. The zero-order valence-corrected chi connectivity index (χ0v) is 25.9. The van der Waals surface area contributed by atoms with Gasteiger partial charge in [0.2, 0.25) is 9.84 Å². The zero-order chi connectivity index (χ0) is 31.6. The molecule has 0 aromatic heterocycles. The fourth-order valence-electron chi connectivity index (χ4n) is 4.64. The lowest BCUT2D eigenvalue weighted by atomic mass is 10.0. The van der Waals surface area contributed by atoms with Gasteiger partial charge in [-0.2, -0.15) is 20.5 Å². The Balaban J connectivity index is 1.53. The Morgan fingerprint density at radius 2 is 0.884 bits per heavy atom. The van der Waals surface area contributed by atoms with Gasteiger partial charge in [0.05, 0.1) is 33.6 Å². The van der Waals surface area contributed by atoms with Gasteiger partial charge < -0.3 is 10.2 Å². The summed E-state index contributed by atoms with van der Waals surface area (Å²) < 4.78 is 26.4. The standard InChI is InChI=1S/C34H34N4O4S/c1-19-23(5)33(39)24(6)20(2)31(19)17-35-37-27-9-13-29(14-10-27)43(41,42)30-15-11-28(12-16-30)38-36-18-32-21(3)25(7)34(40)26(8)22(32)4/h9-18,39-40H,1,3H2,2,4-8H3. The van der Waals surface area contributed by atoms with Crippen molar-refractivity contribution in [1.82, 2.24) is 0 Å².